The molecule has 138 valence electrons. The van der Waals surface area contributed by atoms with Gasteiger partial charge in [-0.05, 0) is 38.2 Å². The summed E-state index contributed by atoms with van der Waals surface area (Å²) in [6.07, 6.45) is 3.82. The number of benzene rings is 1. The molecule has 2 aromatic rings. The van der Waals surface area contributed by atoms with E-state index in [4.69, 9.17) is 14.6 Å². The predicted octanol–water partition coefficient (Wildman–Crippen LogP) is 1.74. The van der Waals surface area contributed by atoms with Crippen molar-refractivity contribution in [2.75, 3.05) is 34.5 Å². The lowest BCUT2D eigenvalue weighted by molar-refractivity contribution is -0.150. The molecule has 1 heterocycles. The van der Waals surface area contributed by atoms with E-state index >= 15 is 0 Å². The molecule has 0 spiro atoms. The summed E-state index contributed by atoms with van der Waals surface area (Å²) < 4.78 is 10.6. The summed E-state index contributed by atoms with van der Waals surface area (Å²) in [4.78, 5) is 27.0. The van der Waals surface area contributed by atoms with Crippen molar-refractivity contribution in [3.63, 3.8) is 0 Å². The average Bonchev–Trinajstić information content (AvgIpc) is 3.04. The number of carbonyl (C=O) groups excluding carboxylic acids is 2. The van der Waals surface area contributed by atoms with Crippen LogP contribution in [0.5, 0.6) is 5.75 Å². The summed E-state index contributed by atoms with van der Waals surface area (Å²) in [6, 6.07) is 5.73. The molecule has 1 aromatic heterocycles. The molecule has 0 bridgehead atoms. The molecule has 0 radical (unpaired) electrons. The monoisotopic (exact) mass is 350 g/mol. The van der Waals surface area contributed by atoms with Crippen molar-refractivity contribution < 1.29 is 24.2 Å². The first kappa shape index (κ1) is 20.7. The Labute approximate surface area is 147 Å². The number of hydrogen-bond donors (Lipinski definition) is 2. The Bertz CT molecular complexity index is 667. The van der Waals surface area contributed by atoms with Crippen LogP contribution in [0, 0.1) is 0 Å². The third-order valence-electron chi connectivity index (χ3n) is 3.48. The van der Waals surface area contributed by atoms with E-state index < -0.39 is 5.97 Å². The lowest BCUT2D eigenvalue weighted by atomic mass is 10.1. The fraction of sp³-hybridized carbons (Fsp3) is 0.444. The van der Waals surface area contributed by atoms with Crippen LogP contribution >= 0.6 is 0 Å². The van der Waals surface area contributed by atoms with E-state index in [1.165, 1.54) is 0 Å². The van der Waals surface area contributed by atoms with Gasteiger partial charge in [-0.15, -0.1) is 0 Å². The zero-order valence-corrected chi connectivity index (χ0v) is 14.9. The van der Waals surface area contributed by atoms with E-state index in [1.807, 2.05) is 38.5 Å². The summed E-state index contributed by atoms with van der Waals surface area (Å²) in [5.41, 5.74) is 2.15. The molecule has 0 atom stereocenters. The largest absolute Gasteiger partial charge is 0.457 e. The number of aliphatic hydroxyl groups excluding tert-OH is 1. The van der Waals surface area contributed by atoms with Gasteiger partial charge < -0.3 is 29.3 Å². The molecule has 1 aromatic carbocycles. The van der Waals surface area contributed by atoms with Gasteiger partial charge in [-0.25, -0.2) is 0 Å². The number of aliphatic hydroxyl groups is 1. The Balaban J connectivity index is 0.00000151. The van der Waals surface area contributed by atoms with Crippen molar-refractivity contribution in [3.8, 4) is 5.75 Å². The molecule has 0 amide bonds. The van der Waals surface area contributed by atoms with Crippen molar-refractivity contribution >= 4 is 23.2 Å². The fourth-order valence-corrected chi connectivity index (χ4v) is 2.29. The number of likely N-dealkylation sites (N-methyl/N-ethyl adjacent to an activating group) is 1. The second-order valence-corrected chi connectivity index (χ2v) is 5.53. The number of ether oxygens (including phenoxy) is 2. The molecule has 25 heavy (non-hydrogen) atoms. The van der Waals surface area contributed by atoms with Gasteiger partial charge >= 0.3 is 5.97 Å². The molecule has 0 aliphatic carbocycles. The summed E-state index contributed by atoms with van der Waals surface area (Å²) in [5, 5.41) is 8.01. The number of hydrogen-bond acceptors (Lipinski definition) is 6. The first-order valence-electron chi connectivity index (χ1n) is 8.02. The van der Waals surface area contributed by atoms with Gasteiger partial charge in [0.15, 0.2) is 0 Å². The topological polar surface area (TPSA) is 91.9 Å². The second kappa shape index (κ2) is 11.2. The van der Waals surface area contributed by atoms with Crippen LogP contribution < -0.4 is 4.74 Å². The van der Waals surface area contributed by atoms with Crippen LogP contribution in [0.1, 0.15) is 18.4 Å². The molecular formula is C18H26N2O5. The van der Waals surface area contributed by atoms with Gasteiger partial charge in [0, 0.05) is 37.2 Å². The quantitative estimate of drug-likeness (QED) is 0.407. The van der Waals surface area contributed by atoms with Crippen molar-refractivity contribution in [1.82, 2.24) is 9.88 Å². The van der Waals surface area contributed by atoms with E-state index in [-0.39, 0.29) is 19.6 Å². The molecule has 0 aliphatic heterocycles. The normalized spacial score (nSPS) is 10.3. The zero-order valence-electron chi connectivity index (χ0n) is 14.9. The first-order chi connectivity index (χ1) is 12.1. The van der Waals surface area contributed by atoms with E-state index in [1.54, 1.807) is 0 Å². The molecule has 0 saturated heterocycles. The Morgan fingerprint density at radius 3 is 2.76 bits per heavy atom. The van der Waals surface area contributed by atoms with E-state index in [2.05, 4.69) is 9.88 Å². The number of fused-ring (bicyclic) bond motifs is 1. The number of nitrogens with zero attached hydrogens (tertiary/aromatic N) is 1. The lowest BCUT2D eigenvalue weighted by Gasteiger charge is -2.11. The van der Waals surface area contributed by atoms with Gasteiger partial charge in [0.25, 0.3) is 0 Å². The highest BCUT2D eigenvalue weighted by molar-refractivity contribution is 5.89. The number of esters is 1. The summed E-state index contributed by atoms with van der Waals surface area (Å²) in [6.45, 7) is 0.775. The molecule has 2 rings (SSSR count). The molecule has 0 saturated carbocycles. The standard InChI is InChI=1S/C17H22N2O4.CH4O/c1-19(2)9-8-13-11-18-14-5-3-6-15(17(13)14)22-12-23-16(21)7-4-10-20;1-2/h3,5-6,10-11,18H,4,7-9,12H2,1-2H3;2H,1H3. The van der Waals surface area contributed by atoms with Gasteiger partial charge in [0.1, 0.15) is 12.0 Å². The van der Waals surface area contributed by atoms with Gasteiger partial charge in [-0.2, -0.15) is 0 Å². The van der Waals surface area contributed by atoms with E-state index in [9.17, 15) is 9.59 Å². The van der Waals surface area contributed by atoms with Crippen LogP contribution in [0.15, 0.2) is 24.4 Å². The minimum Gasteiger partial charge on any atom is -0.457 e. The maximum absolute atomic E-state index is 11.4. The molecule has 7 nitrogen and oxygen atoms in total. The molecule has 0 aliphatic rings. The highest BCUT2D eigenvalue weighted by Crippen LogP contribution is 2.29. The highest BCUT2D eigenvalue weighted by Gasteiger charge is 2.11. The average molecular weight is 350 g/mol. The number of rotatable bonds is 9. The van der Waals surface area contributed by atoms with E-state index in [0.29, 0.717) is 12.0 Å². The number of aldehydes is 1. The van der Waals surface area contributed by atoms with Gasteiger partial charge in [-0.3, -0.25) is 4.79 Å². The second-order valence-electron chi connectivity index (χ2n) is 5.53. The highest BCUT2D eigenvalue weighted by atomic mass is 16.7. The smallest absolute Gasteiger partial charge is 0.309 e. The third-order valence-corrected chi connectivity index (χ3v) is 3.48. The van der Waals surface area contributed by atoms with Gasteiger partial charge in [-0.1, -0.05) is 6.07 Å². The SMILES string of the molecule is CN(C)CCc1c[nH]c2cccc(OCOC(=O)CCC=O)c12.CO. The number of nitrogens with one attached hydrogen (secondary N) is 1. The van der Waals surface area contributed by atoms with Crippen molar-refractivity contribution in [3.05, 3.63) is 30.0 Å². The number of aromatic amines is 1. The number of aromatic nitrogens is 1. The van der Waals surface area contributed by atoms with Crippen LogP contribution in [0.4, 0.5) is 0 Å². The van der Waals surface area contributed by atoms with Crippen LogP contribution in [0.3, 0.4) is 0 Å². The lowest BCUT2D eigenvalue weighted by Crippen LogP contribution is -2.15. The maximum Gasteiger partial charge on any atom is 0.309 e. The minimum absolute atomic E-state index is 0.0787. The van der Waals surface area contributed by atoms with E-state index in [0.717, 1.165) is 36.5 Å². The Hall–Kier alpha value is -2.38. The maximum atomic E-state index is 11.4. The molecule has 7 heteroatoms. The van der Waals surface area contributed by atoms with Crippen LogP contribution in [-0.4, -0.2) is 61.8 Å². The predicted molar refractivity (Wildman–Crippen MR) is 95.6 cm³/mol. The first-order valence-corrected chi connectivity index (χ1v) is 8.02. The molecule has 2 N–H and O–H groups in total. The number of carbonyl (C=O) groups is 2. The van der Waals surface area contributed by atoms with Crippen LogP contribution in [-0.2, 0) is 20.7 Å². The fourth-order valence-electron chi connectivity index (χ4n) is 2.29. The minimum atomic E-state index is -0.439. The van der Waals surface area contributed by atoms with Crippen molar-refractivity contribution in [2.24, 2.45) is 0 Å². The van der Waals surface area contributed by atoms with Crippen molar-refractivity contribution in [1.29, 1.82) is 0 Å². The Kier molecular flexibility index (Phi) is 9.28. The summed E-state index contributed by atoms with van der Waals surface area (Å²) in [5.74, 6) is 0.242. The Morgan fingerprint density at radius 1 is 1.32 bits per heavy atom. The summed E-state index contributed by atoms with van der Waals surface area (Å²) in [7, 11) is 5.07. The van der Waals surface area contributed by atoms with Crippen LogP contribution in [0.25, 0.3) is 10.9 Å². The molecular weight excluding hydrogens is 324 g/mol. The van der Waals surface area contributed by atoms with Gasteiger partial charge in [0.05, 0.1) is 6.42 Å². The van der Waals surface area contributed by atoms with Crippen LogP contribution in [0.2, 0.25) is 0 Å². The van der Waals surface area contributed by atoms with Gasteiger partial charge in [0.2, 0.25) is 6.79 Å². The van der Waals surface area contributed by atoms with Crippen molar-refractivity contribution in [2.45, 2.75) is 19.3 Å². The molecule has 0 fully saturated rings. The zero-order chi connectivity index (χ0) is 18.7. The summed E-state index contributed by atoms with van der Waals surface area (Å²) >= 11 is 0. The molecule has 0 unspecified atom stereocenters. The number of H-pyrrole nitrogens is 1. The third kappa shape index (κ3) is 6.56. The Morgan fingerprint density at radius 2 is 2.08 bits per heavy atom.